The molecule has 1 aromatic heterocycles. The zero-order chi connectivity index (χ0) is 17.7. The van der Waals surface area contributed by atoms with Crippen LogP contribution >= 0.6 is 0 Å². The van der Waals surface area contributed by atoms with Crippen molar-refractivity contribution in [2.45, 2.75) is 18.9 Å². The lowest BCUT2D eigenvalue weighted by molar-refractivity contribution is 0.152. The van der Waals surface area contributed by atoms with Gasteiger partial charge in [0.2, 0.25) is 0 Å². The van der Waals surface area contributed by atoms with Crippen LogP contribution in [0.1, 0.15) is 12.8 Å². The molecule has 1 unspecified atom stereocenters. The molecule has 0 aliphatic carbocycles. The molecule has 24 heavy (non-hydrogen) atoms. The highest BCUT2D eigenvalue weighted by Gasteiger charge is 2.21. The Balaban J connectivity index is 2.48. The average Bonchev–Trinajstić information content (AvgIpc) is 2.57. The van der Waals surface area contributed by atoms with Gasteiger partial charge < -0.3 is 24.7 Å². The highest BCUT2D eigenvalue weighted by atomic mass is 16.5. The van der Waals surface area contributed by atoms with Gasteiger partial charge in [-0.15, -0.1) is 9.72 Å². The summed E-state index contributed by atoms with van der Waals surface area (Å²) in [5.74, 6) is 0.225. The van der Waals surface area contributed by atoms with Gasteiger partial charge in [0.1, 0.15) is 5.82 Å². The molecule has 0 radical (unpaired) electrons. The number of rotatable bonds is 2. The number of carbonyl (C=O) groups excluding carboxylic acids is 2. The first-order chi connectivity index (χ1) is 11.4. The summed E-state index contributed by atoms with van der Waals surface area (Å²) in [4.78, 5) is 32.1. The Kier molecular flexibility index (Phi) is 5.58. The molecule has 2 heterocycles. The van der Waals surface area contributed by atoms with Gasteiger partial charge in [-0.25, -0.2) is 9.59 Å². The van der Waals surface area contributed by atoms with E-state index in [-0.39, 0.29) is 11.4 Å². The standard InChI is InChI=1S/C13H19N5O6/c1-23-12(20)15-10-6-9(17-5-3-4-8(19)7-17)14-11(18(10)22)16-13(21)24-2/h6,8,19,22H,3-5,7H2,1-2H3,(H,15,20). The third kappa shape index (κ3) is 4.13. The number of carbonyl (C=O) groups is 2. The van der Waals surface area contributed by atoms with Crippen LogP contribution in [-0.2, 0) is 9.47 Å². The van der Waals surface area contributed by atoms with Gasteiger partial charge in [-0.3, -0.25) is 5.32 Å². The third-order valence-corrected chi connectivity index (χ3v) is 3.40. The molecule has 0 aromatic carbocycles. The molecule has 11 heteroatoms. The van der Waals surface area contributed by atoms with Crippen molar-refractivity contribution in [2.75, 3.05) is 37.5 Å². The molecule has 2 amide bonds. The van der Waals surface area contributed by atoms with Gasteiger partial charge in [-0.05, 0) is 12.8 Å². The monoisotopic (exact) mass is 341 g/mol. The second kappa shape index (κ2) is 7.64. The number of aromatic nitrogens is 2. The quantitative estimate of drug-likeness (QED) is 0.635. The molecule has 1 saturated heterocycles. The number of aliphatic hydroxyl groups excluding tert-OH is 1. The summed E-state index contributed by atoms with van der Waals surface area (Å²) >= 11 is 0. The summed E-state index contributed by atoms with van der Waals surface area (Å²) in [6, 6.07) is 1.38. The van der Waals surface area contributed by atoms with Crippen LogP contribution in [0.5, 0.6) is 0 Å². The fourth-order valence-electron chi connectivity index (χ4n) is 2.24. The highest BCUT2D eigenvalue weighted by molar-refractivity contribution is 5.83. The summed E-state index contributed by atoms with van der Waals surface area (Å²) in [5, 5.41) is 22.1. The third-order valence-electron chi connectivity index (χ3n) is 3.40. The van der Waals surface area contributed by atoms with E-state index >= 15 is 0 Å². The van der Waals surface area contributed by atoms with Gasteiger partial charge in [0.25, 0.3) is 5.62 Å². The number of aliphatic hydroxyl groups is 1. The van der Waals surface area contributed by atoms with Crippen LogP contribution in [0.4, 0.5) is 21.2 Å². The number of hydrogen-bond donors (Lipinski definition) is 3. The maximum absolute atomic E-state index is 11.4. The van der Waals surface area contributed by atoms with E-state index in [1.54, 1.807) is 4.90 Å². The van der Waals surface area contributed by atoms with E-state index in [4.69, 9.17) is 0 Å². The molecule has 3 N–H and O–H groups in total. The van der Waals surface area contributed by atoms with Gasteiger partial charge >= 0.3 is 12.2 Å². The summed E-state index contributed by atoms with van der Waals surface area (Å²) in [6.45, 7) is 0.951. The molecular weight excluding hydrogens is 322 g/mol. The minimum Gasteiger partial charge on any atom is -0.453 e. The fourth-order valence-corrected chi connectivity index (χ4v) is 2.24. The molecule has 0 spiro atoms. The predicted molar refractivity (Wildman–Crippen MR) is 80.9 cm³/mol. The van der Waals surface area contributed by atoms with Crippen molar-refractivity contribution in [3.05, 3.63) is 11.7 Å². The number of amides is 2. The van der Waals surface area contributed by atoms with E-state index in [1.165, 1.54) is 13.2 Å². The Labute approximate surface area is 137 Å². The van der Waals surface area contributed by atoms with Crippen LogP contribution in [-0.4, -0.2) is 65.6 Å². The van der Waals surface area contributed by atoms with Crippen molar-refractivity contribution in [1.82, 2.24) is 9.71 Å². The summed E-state index contributed by atoms with van der Waals surface area (Å²) in [5.41, 5.74) is -0.384. The van der Waals surface area contributed by atoms with Crippen molar-refractivity contribution < 1.29 is 29.4 Å². The average molecular weight is 341 g/mol. The lowest BCUT2D eigenvalue weighted by Gasteiger charge is -2.31. The van der Waals surface area contributed by atoms with Crippen molar-refractivity contribution in [3.8, 4) is 0 Å². The Morgan fingerprint density at radius 3 is 2.79 bits per heavy atom. The summed E-state index contributed by atoms with van der Waals surface area (Å²) in [6.07, 6.45) is -0.876. The van der Waals surface area contributed by atoms with Crippen LogP contribution < -0.4 is 15.8 Å². The van der Waals surface area contributed by atoms with Crippen LogP contribution in [0.25, 0.3) is 0 Å². The lowest BCUT2D eigenvalue weighted by Crippen LogP contribution is -2.40. The second-order valence-electron chi connectivity index (χ2n) is 5.05. The van der Waals surface area contributed by atoms with E-state index in [0.717, 1.165) is 13.5 Å². The number of anilines is 2. The van der Waals surface area contributed by atoms with Gasteiger partial charge in [0, 0.05) is 19.2 Å². The van der Waals surface area contributed by atoms with Crippen molar-refractivity contribution in [1.29, 1.82) is 0 Å². The van der Waals surface area contributed by atoms with E-state index in [1.807, 2.05) is 0 Å². The molecular formula is C13H19N5O6. The van der Waals surface area contributed by atoms with Crippen molar-refractivity contribution in [2.24, 2.45) is 4.99 Å². The molecule has 1 atom stereocenters. The Morgan fingerprint density at radius 1 is 1.42 bits per heavy atom. The van der Waals surface area contributed by atoms with Gasteiger partial charge in [0.05, 0.1) is 20.3 Å². The molecule has 0 saturated carbocycles. The molecule has 0 bridgehead atoms. The largest absolute Gasteiger partial charge is 0.453 e. The normalized spacial score (nSPS) is 18.2. The van der Waals surface area contributed by atoms with Crippen molar-refractivity contribution >= 4 is 23.8 Å². The smallest absolute Gasteiger partial charge is 0.436 e. The molecule has 1 aromatic rings. The number of nitrogens with one attached hydrogen (secondary N) is 1. The van der Waals surface area contributed by atoms with Crippen LogP contribution in [0, 0.1) is 0 Å². The minimum atomic E-state index is -0.967. The van der Waals surface area contributed by atoms with Crippen molar-refractivity contribution in [3.63, 3.8) is 0 Å². The molecule has 1 aliphatic rings. The van der Waals surface area contributed by atoms with E-state index in [0.29, 0.717) is 30.1 Å². The predicted octanol–water partition coefficient (Wildman–Crippen LogP) is -0.0731. The summed E-state index contributed by atoms with van der Waals surface area (Å²) in [7, 11) is 2.30. The second-order valence-corrected chi connectivity index (χ2v) is 5.05. The fraction of sp³-hybridized carbons (Fsp3) is 0.538. The first kappa shape index (κ1) is 17.5. The molecule has 1 aliphatic heterocycles. The summed E-state index contributed by atoms with van der Waals surface area (Å²) < 4.78 is 9.33. The highest BCUT2D eigenvalue weighted by Crippen LogP contribution is 2.19. The SMILES string of the molecule is COC(=O)N=c1nc(N2CCCC(O)C2)cc(NC(=O)OC)n1O. The number of nitrogens with zero attached hydrogens (tertiary/aromatic N) is 4. The Bertz CT molecular complexity index is 688. The van der Waals surface area contributed by atoms with E-state index in [2.05, 4.69) is 24.8 Å². The first-order valence-electron chi connectivity index (χ1n) is 7.18. The van der Waals surface area contributed by atoms with E-state index in [9.17, 15) is 19.9 Å². The maximum atomic E-state index is 11.4. The molecule has 1 fully saturated rings. The van der Waals surface area contributed by atoms with Gasteiger partial charge in [-0.1, -0.05) is 0 Å². The number of piperidine rings is 1. The first-order valence-corrected chi connectivity index (χ1v) is 7.18. The number of hydrogen-bond acceptors (Lipinski definition) is 8. The minimum absolute atomic E-state index is 0.102. The Morgan fingerprint density at radius 2 is 2.17 bits per heavy atom. The zero-order valence-corrected chi connectivity index (χ0v) is 13.3. The lowest BCUT2D eigenvalue weighted by atomic mass is 10.1. The van der Waals surface area contributed by atoms with Gasteiger partial charge in [0.15, 0.2) is 5.82 Å². The molecule has 132 valence electrons. The molecule has 11 nitrogen and oxygen atoms in total. The topological polar surface area (TPSA) is 139 Å². The van der Waals surface area contributed by atoms with Crippen LogP contribution in [0.2, 0.25) is 0 Å². The van der Waals surface area contributed by atoms with E-state index < -0.39 is 18.3 Å². The van der Waals surface area contributed by atoms with Crippen LogP contribution in [0.3, 0.4) is 0 Å². The van der Waals surface area contributed by atoms with Crippen LogP contribution in [0.15, 0.2) is 11.1 Å². The maximum Gasteiger partial charge on any atom is 0.436 e. The number of β-amino-alcohol motifs (C(OH)–C–C–N with tert-alkyl or cyclic N) is 1. The molecule has 2 rings (SSSR count). The Hall–Kier alpha value is -2.82. The number of ether oxygens (including phenoxy) is 2. The zero-order valence-electron chi connectivity index (χ0n) is 13.3. The number of methoxy groups -OCH3 is 2. The van der Waals surface area contributed by atoms with Gasteiger partial charge in [-0.2, -0.15) is 4.98 Å².